The Bertz CT molecular complexity index is 1020. The second-order valence-electron chi connectivity index (χ2n) is 7.50. The Hall–Kier alpha value is -2.56. The van der Waals surface area contributed by atoms with Crippen LogP contribution in [0.1, 0.15) is 26.3 Å². The second kappa shape index (κ2) is 9.13. The number of esters is 2. The van der Waals surface area contributed by atoms with E-state index in [2.05, 4.69) is 0 Å². The van der Waals surface area contributed by atoms with Crippen molar-refractivity contribution in [3.05, 3.63) is 29.8 Å². The van der Waals surface area contributed by atoms with Crippen LogP contribution in [0.25, 0.3) is 0 Å². The van der Waals surface area contributed by atoms with Gasteiger partial charge in [-0.25, -0.2) is 0 Å². The molecule has 0 radical (unpaired) electrons. The number of aryl methyl sites for hydroxylation is 1. The van der Waals surface area contributed by atoms with Gasteiger partial charge >= 0.3 is 11.9 Å². The number of hydrogen-bond donors (Lipinski definition) is 0. The molecule has 0 spiro atoms. The van der Waals surface area contributed by atoms with E-state index in [0.29, 0.717) is 0 Å². The number of hydrogen-bond acceptors (Lipinski definition) is 11. The highest BCUT2D eigenvalue weighted by atomic mass is 32.2. The van der Waals surface area contributed by atoms with E-state index in [1.165, 1.54) is 19.1 Å². The molecule has 0 saturated carbocycles. The molecule has 0 N–H and O–H groups in total. The van der Waals surface area contributed by atoms with Crippen molar-refractivity contribution in [2.75, 3.05) is 6.61 Å². The zero-order valence-electron chi connectivity index (χ0n) is 17.8. The van der Waals surface area contributed by atoms with Crippen molar-refractivity contribution in [1.82, 2.24) is 0 Å². The summed E-state index contributed by atoms with van der Waals surface area (Å²) in [5.41, 5.74) is 0.865. The summed E-state index contributed by atoms with van der Waals surface area (Å²) >= 11 is 0. The molecule has 1 unspecified atom stereocenters. The number of benzene rings is 1. The van der Waals surface area contributed by atoms with E-state index in [9.17, 15) is 23.3 Å². The maximum Gasteiger partial charge on any atom is 0.303 e. The van der Waals surface area contributed by atoms with Crippen LogP contribution >= 0.6 is 0 Å². The van der Waals surface area contributed by atoms with Crippen LogP contribution in [0.5, 0.6) is 0 Å². The van der Waals surface area contributed by atoms with E-state index in [0.717, 1.165) is 19.4 Å². The van der Waals surface area contributed by atoms with Crippen LogP contribution in [0.2, 0.25) is 0 Å². The minimum absolute atomic E-state index is 0.0742. The standard InChI is InChI=1S/C20H23NO10S/c1-11-5-7-14(8-6-11)32(24,25)26-9-15-16(27-12(2)22)17(28-13(3)23)18-19(29-15)31-20(4,10-21)30-18/h5-8,15-19H,9H2,1-4H3/t15-,16+,17+,18-,19-,20?/m1/s1. The maximum atomic E-state index is 12.6. The van der Waals surface area contributed by atoms with Gasteiger partial charge in [0.05, 0.1) is 11.5 Å². The Morgan fingerprint density at radius 1 is 1.09 bits per heavy atom. The number of nitrogens with zero attached hydrogens (tertiary/aromatic N) is 1. The number of ether oxygens (including phenoxy) is 5. The zero-order chi connectivity index (χ0) is 23.7. The lowest BCUT2D eigenvalue weighted by atomic mass is 9.98. The first kappa shape index (κ1) is 24.1. The van der Waals surface area contributed by atoms with Gasteiger partial charge in [0.25, 0.3) is 15.9 Å². The first-order chi connectivity index (χ1) is 14.9. The molecule has 2 aliphatic heterocycles. The van der Waals surface area contributed by atoms with E-state index >= 15 is 0 Å². The molecule has 2 fully saturated rings. The highest BCUT2D eigenvalue weighted by Crippen LogP contribution is 2.39. The predicted octanol–water partition coefficient (Wildman–Crippen LogP) is 0.944. The van der Waals surface area contributed by atoms with Gasteiger partial charge in [-0.15, -0.1) is 0 Å². The summed E-state index contributed by atoms with van der Waals surface area (Å²) in [6.07, 6.45) is -6.03. The summed E-state index contributed by atoms with van der Waals surface area (Å²) in [4.78, 5) is 23.4. The molecule has 0 bridgehead atoms. The predicted molar refractivity (Wildman–Crippen MR) is 104 cm³/mol. The minimum atomic E-state index is -4.17. The highest BCUT2D eigenvalue weighted by molar-refractivity contribution is 7.86. The fraction of sp³-hybridized carbons (Fsp3) is 0.550. The molecule has 2 saturated heterocycles. The molecule has 2 aliphatic rings. The smallest absolute Gasteiger partial charge is 0.303 e. The van der Waals surface area contributed by atoms with Crippen LogP contribution in [0.15, 0.2) is 29.2 Å². The van der Waals surface area contributed by atoms with Crippen LogP contribution in [0.3, 0.4) is 0 Å². The largest absolute Gasteiger partial charge is 0.456 e. The molecule has 32 heavy (non-hydrogen) atoms. The molecule has 1 aromatic carbocycles. The van der Waals surface area contributed by atoms with Crippen molar-refractivity contribution in [2.24, 2.45) is 0 Å². The van der Waals surface area contributed by atoms with Crippen molar-refractivity contribution < 1.29 is 45.9 Å². The molecule has 11 nitrogen and oxygen atoms in total. The first-order valence-electron chi connectivity index (χ1n) is 9.67. The van der Waals surface area contributed by atoms with Crippen LogP contribution in [-0.2, 0) is 47.6 Å². The fourth-order valence-electron chi connectivity index (χ4n) is 3.38. The van der Waals surface area contributed by atoms with Crippen LogP contribution < -0.4 is 0 Å². The molecule has 174 valence electrons. The van der Waals surface area contributed by atoms with Gasteiger partial charge in [0.15, 0.2) is 24.6 Å². The zero-order valence-corrected chi connectivity index (χ0v) is 18.7. The molecule has 1 aromatic rings. The lowest BCUT2D eigenvalue weighted by Crippen LogP contribution is -2.60. The number of rotatable bonds is 6. The van der Waals surface area contributed by atoms with Gasteiger partial charge in [-0.1, -0.05) is 17.7 Å². The number of fused-ring (bicyclic) bond motifs is 1. The van der Waals surface area contributed by atoms with Crippen LogP contribution in [0.4, 0.5) is 0 Å². The Kier molecular flexibility index (Phi) is 6.87. The van der Waals surface area contributed by atoms with E-state index in [1.54, 1.807) is 19.1 Å². The normalized spacial score (nSPS) is 31.9. The summed E-state index contributed by atoms with van der Waals surface area (Å²) in [5, 5.41) is 9.32. The van der Waals surface area contributed by atoms with Gasteiger partial charge in [-0.2, -0.15) is 13.7 Å². The van der Waals surface area contributed by atoms with Gasteiger partial charge in [-0.3, -0.25) is 13.8 Å². The maximum absolute atomic E-state index is 12.6. The number of carbonyl (C=O) groups is 2. The topological polar surface area (TPSA) is 147 Å². The molecule has 3 rings (SSSR count). The fourth-order valence-corrected chi connectivity index (χ4v) is 4.30. The summed E-state index contributed by atoms with van der Waals surface area (Å²) in [6, 6.07) is 7.83. The van der Waals surface area contributed by atoms with Crippen molar-refractivity contribution in [2.45, 2.75) is 69.1 Å². The number of nitriles is 1. The lowest BCUT2D eigenvalue weighted by molar-refractivity contribution is -0.262. The van der Waals surface area contributed by atoms with Gasteiger partial charge in [0.2, 0.25) is 0 Å². The molecule has 2 heterocycles. The molecule has 0 amide bonds. The monoisotopic (exact) mass is 469 g/mol. The van der Waals surface area contributed by atoms with Crippen molar-refractivity contribution in [3.63, 3.8) is 0 Å². The third-order valence-corrected chi connectivity index (χ3v) is 6.09. The molecule has 6 atom stereocenters. The van der Waals surface area contributed by atoms with Crippen LogP contribution in [0, 0.1) is 18.3 Å². The summed E-state index contributed by atoms with van der Waals surface area (Å²) < 4.78 is 57.7. The van der Waals surface area contributed by atoms with Crippen molar-refractivity contribution in [1.29, 1.82) is 5.26 Å². The third kappa shape index (κ3) is 5.25. The Labute approximate surface area is 185 Å². The summed E-state index contributed by atoms with van der Waals surface area (Å²) in [5.74, 6) is -3.16. The lowest BCUT2D eigenvalue weighted by Gasteiger charge is -2.40. The minimum Gasteiger partial charge on any atom is -0.456 e. The van der Waals surface area contributed by atoms with Gasteiger partial charge < -0.3 is 23.7 Å². The van der Waals surface area contributed by atoms with Crippen molar-refractivity contribution in [3.8, 4) is 6.07 Å². The Balaban J connectivity index is 1.87. The average molecular weight is 469 g/mol. The first-order valence-corrected chi connectivity index (χ1v) is 11.1. The van der Waals surface area contributed by atoms with Gasteiger partial charge in [0, 0.05) is 20.8 Å². The summed E-state index contributed by atoms with van der Waals surface area (Å²) in [7, 11) is -4.17. The Morgan fingerprint density at radius 3 is 2.25 bits per heavy atom. The van der Waals surface area contributed by atoms with Crippen LogP contribution in [-0.4, -0.2) is 63.5 Å². The Morgan fingerprint density at radius 2 is 1.69 bits per heavy atom. The van der Waals surface area contributed by atoms with Gasteiger partial charge in [-0.05, 0) is 19.1 Å². The van der Waals surface area contributed by atoms with E-state index in [1.807, 2.05) is 6.07 Å². The summed E-state index contributed by atoms with van der Waals surface area (Å²) in [6.45, 7) is 4.84. The van der Waals surface area contributed by atoms with Gasteiger partial charge in [0.1, 0.15) is 12.2 Å². The van der Waals surface area contributed by atoms with E-state index < -0.39 is 65.2 Å². The SMILES string of the molecule is CC(=O)O[C@H]1[C@@H](OC(C)=O)[C@@H](COS(=O)(=O)c2ccc(C)cc2)O[C@@H]2OC(C)(C#N)O[C@@H]21. The highest BCUT2D eigenvalue weighted by Gasteiger charge is 2.59. The molecular formula is C20H23NO10S. The molecule has 0 aliphatic carbocycles. The second-order valence-corrected chi connectivity index (χ2v) is 9.12. The van der Waals surface area contributed by atoms with E-state index in [4.69, 9.17) is 27.9 Å². The van der Waals surface area contributed by atoms with E-state index in [-0.39, 0.29) is 4.90 Å². The molecular weight excluding hydrogens is 446 g/mol. The number of carbonyl (C=O) groups excluding carboxylic acids is 2. The molecule has 0 aromatic heterocycles. The third-order valence-electron chi connectivity index (χ3n) is 4.80. The average Bonchev–Trinajstić information content (AvgIpc) is 3.05. The molecule has 12 heteroatoms. The quantitative estimate of drug-likeness (QED) is 0.433. The van der Waals surface area contributed by atoms with Crippen molar-refractivity contribution >= 4 is 22.1 Å².